The molecule has 5 heteroatoms. The maximum Gasteiger partial charge on any atom is 0.161 e. The molecule has 0 atom stereocenters. The van der Waals surface area contributed by atoms with Crippen LogP contribution in [0.15, 0.2) is 66.7 Å². The Morgan fingerprint density at radius 3 is 2.48 bits per heavy atom. The first-order valence-electron chi connectivity index (χ1n) is 8.77. The third-order valence-corrected chi connectivity index (χ3v) is 4.33. The number of anilines is 1. The molecule has 0 aliphatic carbocycles. The van der Waals surface area contributed by atoms with E-state index in [-0.39, 0.29) is 12.4 Å². The van der Waals surface area contributed by atoms with Crippen LogP contribution in [-0.2, 0) is 13.2 Å². The van der Waals surface area contributed by atoms with Crippen molar-refractivity contribution in [2.24, 2.45) is 0 Å². The molecule has 3 nitrogen and oxygen atoms in total. The molecule has 140 valence electrons. The Labute approximate surface area is 163 Å². The number of halogens is 2. The van der Waals surface area contributed by atoms with Crippen LogP contribution in [0, 0.1) is 5.82 Å². The summed E-state index contributed by atoms with van der Waals surface area (Å²) in [5, 5.41) is 3.72. The van der Waals surface area contributed by atoms with Crippen LogP contribution in [0.1, 0.15) is 18.1 Å². The first-order valence-corrected chi connectivity index (χ1v) is 9.15. The summed E-state index contributed by atoms with van der Waals surface area (Å²) in [6.07, 6.45) is 0. The van der Waals surface area contributed by atoms with Crippen molar-refractivity contribution in [3.63, 3.8) is 0 Å². The Morgan fingerprint density at radius 1 is 0.926 bits per heavy atom. The maximum absolute atomic E-state index is 13.2. The van der Waals surface area contributed by atoms with E-state index in [4.69, 9.17) is 21.1 Å². The largest absolute Gasteiger partial charge is 0.490 e. The van der Waals surface area contributed by atoms with Gasteiger partial charge in [-0.25, -0.2) is 4.39 Å². The molecule has 1 N–H and O–H groups in total. The summed E-state index contributed by atoms with van der Waals surface area (Å²) in [6.45, 7) is 3.37. The van der Waals surface area contributed by atoms with Gasteiger partial charge in [0.15, 0.2) is 11.5 Å². The number of nitrogens with one attached hydrogen (secondary N) is 1. The maximum atomic E-state index is 13.2. The quantitative estimate of drug-likeness (QED) is 0.510. The van der Waals surface area contributed by atoms with E-state index >= 15 is 0 Å². The van der Waals surface area contributed by atoms with E-state index in [0.29, 0.717) is 29.7 Å². The molecule has 0 spiro atoms. The summed E-state index contributed by atoms with van der Waals surface area (Å²) < 4.78 is 24.7. The highest BCUT2D eigenvalue weighted by molar-refractivity contribution is 6.31. The van der Waals surface area contributed by atoms with Crippen LogP contribution in [0.4, 0.5) is 10.1 Å². The monoisotopic (exact) mass is 385 g/mol. The first-order chi connectivity index (χ1) is 13.2. The van der Waals surface area contributed by atoms with Gasteiger partial charge in [0.05, 0.1) is 11.6 Å². The lowest BCUT2D eigenvalue weighted by Gasteiger charge is -2.14. The molecule has 27 heavy (non-hydrogen) atoms. The van der Waals surface area contributed by atoms with Crippen molar-refractivity contribution in [2.45, 2.75) is 20.1 Å². The summed E-state index contributed by atoms with van der Waals surface area (Å²) in [5.41, 5.74) is 2.85. The standard InChI is InChI=1S/C22H21ClFNO2/c1-2-26-22-12-16(14-25-19-6-4-3-5-7-19)8-11-21(22)27-15-17-9-10-18(24)13-20(17)23/h3-13,25H,2,14-15H2,1H3. The zero-order valence-electron chi connectivity index (χ0n) is 15.0. The number of para-hydroxylation sites is 1. The second-order valence-electron chi connectivity index (χ2n) is 5.96. The molecule has 0 amide bonds. The van der Waals surface area contributed by atoms with Gasteiger partial charge in [-0.15, -0.1) is 0 Å². The van der Waals surface area contributed by atoms with Crippen molar-refractivity contribution in [3.8, 4) is 11.5 Å². The molecule has 0 heterocycles. The predicted octanol–water partition coefficient (Wildman–Crippen LogP) is 6.07. The van der Waals surface area contributed by atoms with E-state index in [0.717, 1.165) is 16.8 Å². The van der Waals surface area contributed by atoms with Gasteiger partial charge in [-0.1, -0.05) is 41.9 Å². The molecule has 3 aromatic rings. The third-order valence-electron chi connectivity index (χ3n) is 3.98. The Balaban J connectivity index is 1.69. The molecule has 0 saturated heterocycles. The summed E-state index contributed by atoms with van der Waals surface area (Å²) in [4.78, 5) is 0. The molecule has 0 bridgehead atoms. The fourth-order valence-corrected chi connectivity index (χ4v) is 2.83. The molecule has 0 fully saturated rings. The minimum absolute atomic E-state index is 0.237. The van der Waals surface area contributed by atoms with Gasteiger partial charge in [0.1, 0.15) is 12.4 Å². The lowest BCUT2D eigenvalue weighted by atomic mass is 10.2. The zero-order valence-corrected chi connectivity index (χ0v) is 15.8. The number of ether oxygens (including phenoxy) is 2. The second kappa shape index (κ2) is 9.28. The highest BCUT2D eigenvalue weighted by Gasteiger charge is 2.09. The van der Waals surface area contributed by atoms with Crippen LogP contribution in [0.2, 0.25) is 5.02 Å². The van der Waals surface area contributed by atoms with Crippen molar-refractivity contribution in [2.75, 3.05) is 11.9 Å². The lowest BCUT2D eigenvalue weighted by Crippen LogP contribution is -2.03. The topological polar surface area (TPSA) is 30.5 Å². The van der Waals surface area contributed by atoms with Gasteiger partial charge in [-0.05, 0) is 48.9 Å². The van der Waals surface area contributed by atoms with E-state index in [1.807, 2.05) is 55.5 Å². The molecule has 3 rings (SSSR count). The first kappa shape index (κ1) is 19.1. The molecular formula is C22H21ClFNO2. The normalized spacial score (nSPS) is 10.5. The van der Waals surface area contributed by atoms with E-state index < -0.39 is 0 Å². The van der Waals surface area contributed by atoms with Crippen LogP contribution >= 0.6 is 11.6 Å². The molecule has 0 unspecified atom stereocenters. The van der Waals surface area contributed by atoms with Gasteiger partial charge in [-0.3, -0.25) is 0 Å². The molecule has 0 saturated carbocycles. The minimum Gasteiger partial charge on any atom is -0.490 e. The predicted molar refractivity (Wildman–Crippen MR) is 107 cm³/mol. The number of benzene rings is 3. The Morgan fingerprint density at radius 2 is 1.74 bits per heavy atom. The molecular weight excluding hydrogens is 365 g/mol. The second-order valence-corrected chi connectivity index (χ2v) is 6.37. The van der Waals surface area contributed by atoms with Crippen molar-refractivity contribution in [1.82, 2.24) is 0 Å². The van der Waals surface area contributed by atoms with Crippen LogP contribution in [0.5, 0.6) is 11.5 Å². The minimum atomic E-state index is -0.367. The Kier molecular flexibility index (Phi) is 6.55. The highest BCUT2D eigenvalue weighted by Crippen LogP contribution is 2.30. The average molecular weight is 386 g/mol. The summed E-state index contributed by atoms with van der Waals surface area (Å²) in [5.74, 6) is 0.929. The lowest BCUT2D eigenvalue weighted by molar-refractivity contribution is 0.269. The van der Waals surface area contributed by atoms with E-state index in [1.165, 1.54) is 12.1 Å². The van der Waals surface area contributed by atoms with Gasteiger partial charge in [-0.2, -0.15) is 0 Å². The van der Waals surface area contributed by atoms with E-state index in [9.17, 15) is 4.39 Å². The smallest absolute Gasteiger partial charge is 0.161 e. The van der Waals surface area contributed by atoms with Gasteiger partial charge in [0, 0.05) is 17.8 Å². The summed E-state index contributed by atoms with van der Waals surface area (Å²) >= 11 is 6.06. The van der Waals surface area contributed by atoms with Gasteiger partial charge < -0.3 is 14.8 Å². The fraction of sp³-hybridized carbons (Fsp3) is 0.182. The molecule has 0 aromatic heterocycles. The van der Waals surface area contributed by atoms with Gasteiger partial charge in [0.25, 0.3) is 0 Å². The molecule has 0 radical (unpaired) electrons. The van der Waals surface area contributed by atoms with Gasteiger partial charge >= 0.3 is 0 Å². The van der Waals surface area contributed by atoms with Crippen LogP contribution in [-0.4, -0.2) is 6.61 Å². The van der Waals surface area contributed by atoms with Crippen LogP contribution < -0.4 is 14.8 Å². The number of hydrogen-bond donors (Lipinski definition) is 1. The molecule has 0 aliphatic heterocycles. The summed E-state index contributed by atoms with van der Waals surface area (Å²) in [7, 11) is 0. The van der Waals surface area contributed by atoms with E-state index in [1.54, 1.807) is 6.07 Å². The SMILES string of the molecule is CCOc1cc(CNc2ccccc2)ccc1OCc1ccc(F)cc1Cl. The van der Waals surface area contributed by atoms with Crippen molar-refractivity contribution < 1.29 is 13.9 Å². The Hall–Kier alpha value is -2.72. The zero-order chi connectivity index (χ0) is 19.1. The third kappa shape index (κ3) is 5.38. The molecule has 3 aromatic carbocycles. The molecule has 0 aliphatic rings. The van der Waals surface area contributed by atoms with Crippen molar-refractivity contribution in [1.29, 1.82) is 0 Å². The fourth-order valence-electron chi connectivity index (χ4n) is 2.60. The van der Waals surface area contributed by atoms with Crippen LogP contribution in [0.25, 0.3) is 0 Å². The number of hydrogen-bond acceptors (Lipinski definition) is 3. The highest BCUT2D eigenvalue weighted by atomic mass is 35.5. The Bertz CT molecular complexity index is 887. The van der Waals surface area contributed by atoms with Gasteiger partial charge in [0.2, 0.25) is 0 Å². The van der Waals surface area contributed by atoms with Crippen molar-refractivity contribution >= 4 is 17.3 Å². The summed E-state index contributed by atoms with van der Waals surface area (Å²) in [6, 6.07) is 20.1. The van der Waals surface area contributed by atoms with Crippen LogP contribution in [0.3, 0.4) is 0 Å². The van der Waals surface area contributed by atoms with E-state index in [2.05, 4.69) is 5.32 Å². The van der Waals surface area contributed by atoms with Crippen molar-refractivity contribution in [3.05, 3.63) is 88.7 Å². The number of rotatable bonds is 8. The average Bonchev–Trinajstić information content (AvgIpc) is 2.68.